The summed E-state index contributed by atoms with van der Waals surface area (Å²) in [6.45, 7) is 2.03. The van der Waals surface area contributed by atoms with Gasteiger partial charge in [-0.15, -0.1) is 0 Å². The highest BCUT2D eigenvalue weighted by Gasteiger charge is 2.20. The summed E-state index contributed by atoms with van der Waals surface area (Å²) < 4.78 is 2.72. The van der Waals surface area contributed by atoms with E-state index in [0.29, 0.717) is 11.4 Å². The molecule has 0 saturated carbocycles. The molecule has 2 heterocycles. The summed E-state index contributed by atoms with van der Waals surface area (Å²) in [6, 6.07) is 3.67. The normalized spacial score (nSPS) is 12.7. The van der Waals surface area contributed by atoms with Gasteiger partial charge in [-0.05, 0) is 34.5 Å². The van der Waals surface area contributed by atoms with Gasteiger partial charge in [0.25, 0.3) is 0 Å². The molecular weight excluding hydrogens is 342 g/mol. The molecule has 108 valence electrons. The third kappa shape index (κ3) is 3.03. The van der Waals surface area contributed by atoms with E-state index in [1.54, 1.807) is 6.20 Å². The van der Waals surface area contributed by atoms with Crippen molar-refractivity contribution in [2.75, 3.05) is 0 Å². The zero-order valence-electron chi connectivity index (χ0n) is 11.4. The second-order valence-corrected chi connectivity index (χ2v) is 5.71. The van der Waals surface area contributed by atoms with E-state index in [1.165, 1.54) is 0 Å². The number of hydrazine groups is 1. The Bertz CT molecular complexity index is 598. The Morgan fingerprint density at radius 1 is 1.55 bits per heavy atom. The lowest BCUT2D eigenvalue weighted by molar-refractivity contribution is 0.516. The van der Waals surface area contributed by atoms with Crippen molar-refractivity contribution in [2.45, 2.75) is 25.8 Å². The molecular formula is C13H17BrClN5. The summed E-state index contributed by atoms with van der Waals surface area (Å²) >= 11 is 9.87. The maximum Gasteiger partial charge on any atom is 0.0850 e. The van der Waals surface area contributed by atoms with Crippen molar-refractivity contribution in [3.05, 3.63) is 44.9 Å². The molecule has 20 heavy (non-hydrogen) atoms. The minimum absolute atomic E-state index is 0.136. The van der Waals surface area contributed by atoms with Gasteiger partial charge in [0.15, 0.2) is 0 Å². The van der Waals surface area contributed by atoms with E-state index in [2.05, 4.69) is 31.4 Å². The zero-order chi connectivity index (χ0) is 14.7. The number of nitrogens with two attached hydrogens (primary N) is 1. The third-order valence-electron chi connectivity index (χ3n) is 3.22. The molecule has 0 aliphatic carbocycles. The molecule has 1 atom stereocenters. The van der Waals surface area contributed by atoms with Crippen LogP contribution in [0.15, 0.2) is 22.8 Å². The summed E-state index contributed by atoms with van der Waals surface area (Å²) in [5.74, 6) is 5.68. The minimum Gasteiger partial charge on any atom is -0.271 e. The highest BCUT2D eigenvalue weighted by Crippen LogP contribution is 2.28. The Kier molecular flexibility index (Phi) is 5.15. The van der Waals surface area contributed by atoms with Crippen LogP contribution in [0, 0.1) is 0 Å². The molecule has 2 rings (SSSR count). The van der Waals surface area contributed by atoms with Crippen LogP contribution in [0.5, 0.6) is 0 Å². The van der Waals surface area contributed by atoms with Crippen LogP contribution in [0.1, 0.15) is 30.0 Å². The lowest BCUT2D eigenvalue weighted by atomic mass is 10.1. The minimum atomic E-state index is -0.136. The average Bonchev–Trinajstić information content (AvgIpc) is 2.72. The van der Waals surface area contributed by atoms with Crippen LogP contribution in [-0.4, -0.2) is 14.8 Å². The number of nitrogens with zero attached hydrogens (tertiary/aromatic N) is 3. The lowest BCUT2D eigenvalue weighted by Gasteiger charge is -2.17. The largest absolute Gasteiger partial charge is 0.271 e. The van der Waals surface area contributed by atoms with Crippen LogP contribution in [0.3, 0.4) is 0 Å². The van der Waals surface area contributed by atoms with E-state index in [9.17, 15) is 0 Å². The first-order valence-corrected chi connectivity index (χ1v) is 7.52. The van der Waals surface area contributed by atoms with Gasteiger partial charge >= 0.3 is 0 Å². The molecule has 1 unspecified atom stereocenters. The van der Waals surface area contributed by atoms with Crippen molar-refractivity contribution in [3.63, 3.8) is 0 Å². The zero-order valence-corrected chi connectivity index (χ0v) is 13.7. The molecule has 0 spiro atoms. The van der Waals surface area contributed by atoms with Gasteiger partial charge in [-0.25, -0.2) is 0 Å². The average molecular weight is 359 g/mol. The Labute approximate surface area is 131 Å². The molecule has 5 nitrogen and oxygen atoms in total. The van der Waals surface area contributed by atoms with Crippen molar-refractivity contribution in [3.8, 4) is 0 Å². The predicted molar refractivity (Wildman–Crippen MR) is 83.3 cm³/mol. The summed E-state index contributed by atoms with van der Waals surface area (Å²) in [7, 11) is 1.89. The van der Waals surface area contributed by atoms with Gasteiger partial charge in [-0.3, -0.25) is 20.9 Å². The second kappa shape index (κ2) is 6.67. The van der Waals surface area contributed by atoms with Crippen molar-refractivity contribution >= 4 is 27.5 Å². The van der Waals surface area contributed by atoms with E-state index in [0.717, 1.165) is 28.0 Å². The lowest BCUT2D eigenvalue weighted by Crippen LogP contribution is -2.31. The predicted octanol–water partition coefficient (Wildman–Crippen LogP) is 2.54. The van der Waals surface area contributed by atoms with Crippen LogP contribution in [-0.2, 0) is 19.9 Å². The highest BCUT2D eigenvalue weighted by molar-refractivity contribution is 9.10. The molecule has 0 aliphatic rings. The fraction of sp³-hybridized carbons (Fsp3) is 0.385. The standard InChI is InChI=1S/C13H17BrClN5/c1-3-9-12(15)11(20(2)19-9)7-10(18-16)13-8(14)5-4-6-17-13/h4-6,10,18H,3,7,16H2,1-2H3. The monoisotopic (exact) mass is 357 g/mol. The molecule has 0 aliphatic heterocycles. The van der Waals surface area contributed by atoms with Crippen molar-refractivity contribution in [2.24, 2.45) is 12.9 Å². The number of pyridine rings is 1. The van der Waals surface area contributed by atoms with E-state index in [1.807, 2.05) is 30.8 Å². The van der Waals surface area contributed by atoms with Gasteiger partial charge in [-0.1, -0.05) is 18.5 Å². The van der Waals surface area contributed by atoms with Crippen molar-refractivity contribution in [1.29, 1.82) is 0 Å². The molecule has 0 fully saturated rings. The summed E-state index contributed by atoms with van der Waals surface area (Å²) in [4.78, 5) is 4.37. The smallest absolute Gasteiger partial charge is 0.0850 e. The van der Waals surface area contributed by atoms with Crippen LogP contribution >= 0.6 is 27.5 Å². The fourth-order valence-corrected chi connectivity index (χ4v) is 3.03. The van der Waals surface area contributed by atoms with E-state index < -0.39 is 0 Å². The number of aryl methyl sites for hydroxylation is 2. The number of halogens is 2. The number of aromatic nitrogens is 3. The fourth-order valence-electron chi connectivity index (χ4n) is 2.12. The SMILES string of the molecule is CCc1nn(C)c(CC(NN)c2ncccc2Br)c1Cl. The summed E-state index contributed by atoms with van der Waals surface area (Å²) in [6.07, 6.45) is 3.17. The molecule has 0 bridgehead atoms. The molecule has 0 amide bonds. The van der Waals surface area contributed by atoms with Gasteiger partial charge < -0.3 is 0 Å². The molecule has 2 aromatic heterocycles. The third-order valence-corrected chi connectivity index (χ3v) is 4.33. The van der Waals surface area contributed by atoms with Gasteiger partial charge in [0.1, 0.15) is 0 Å². The summed E-state index contributed by atoms with van der Waals surface area (Å²) in [5, 5.41) is 5.13. The topological polar surface area (TPSA) is 68.8 Å². The maximum atomic E-state index is 6.37. The Balaban J connectivity index is 2.32. The Morgan fingerprint density at radius 2 is 2.30 bits per heavy atom. The summed E-state index contributed by atoms with van der Waals surface area (Å²) in [5.41, 5.74) is 5.50. The van der Waals surface area contributed by atoms with E-state index in [4.69, 9.17) is 17.4 Å². The van der Waals surface area contributed by atoms with Crippen LogP contribution in [0.25, 0.3) is 0 Å². The van der Waals surface area contributed by atoms with Gasteiger partial charge in [-0.2, -0.15) is 5.10 Å². The highest BCUT2D eigenvalue weighted by atomic mass is 79.9. The Hall–Kier alpha value is -0.950. The maximum absolute atomic E-state index is 6.37. The molecule has 3 N–H and O–H groups in total. The first-order valence-electron chi connectivity index (χ1n) is 6.35. The molecule has 2 aromatic rings. The van der Waals surface area contributed by atoms with Gasteiger partial charge in [0.05, 0.1) is 28.1 Å². The number of hydrogen-bond donors (Lipinski definition) is 2. The molecule has 7 heteroatoms. The first kappa shape index (κ1) is 15.4. The quantitative estimate of drug-likeness (QED) is 0.636. The first-order chi connectivity index (χ1) is 9.58. The molecule has 0 radical (unpaired) electrons. The van der Waals surface area contributed by atoms with Crippen LogP contribution < -0.4 is 11.3 Å². The molecule has 0 saturated heterocycles. The van der Waals surface area contributed by atoms with Crippen molar-refractivity contribution in [1.82, 2.24) is 20.2 Å². The van der Waals surface area contributed by atoms with Crippen molar-refractivity contribution < 1.29 is 0 Å². The van der Waals surface area contributed by atoms with E-state index in [-0.39, 0.29) is 6.04 Å². The van der Waals surface area contributed by atoms with Crippen LogP contribution in [0.4, 0.5) is 0 Å². The number of nitrogens with one attached hydrogen (secondary N) is 1. The van der Waals surface area contributed by atoms with Gasteiger partial charge in [0, 0.05) is 24.1 Å². The number of hydrogen-bond acceptors (Lipinski definition) is 4. The van der Waals surface area contributed by atoms with Crippen LogP contribution in [0.2, 0.25) is 5.02 Å². The second-order valence-electron chi connectivity index (χ2n) is 4.48. The Morgan fingerprint density at radius 3 is 2.85 bits per heavy atom. The van der Waals surface area contributed by atoms with Gasteiger partial charge in [0.2, 0.25) is 0 Å². The number of rotatable bonds is 5. The van der Waals surface area contributed by atoms with E-state index >= 15 is 0 Å². The molecule has 0 aromatic carbocycles.